The van der Waals surface area contributed by atoms with Gasteiger partial charge in [-0.15, -0.1) is 12.1 Å². The molecule has 7 heteroatoms. The average molecular weight is 271 g/mol. The maximum atomic E-state index is 12.8. The minimum absolute atomic E-state index is 0. The molecule has 0 N–H and O–H groups in total. The molecule has 17 heavy (non-hydrogen) atoms. The first-order chi connectivity index (χ1) is 7.30. The van der Waals surface area contributed by atoms with Gasteiger partial charge in [-0.3, -0.25) is 0 Å². The molecule has 0 aromatic heterocycles. The molecule has 0 atom stereocenters. The van der Waals surface area contributed by atoms with E-state index >= 15 is 0 Å². The quantitative estimate of drug-likeness (QED) is 0.559. The van der Waals surface area contributed by atoms with Gasteiger partial charge in [-0.25, -0.2) is 4.39 Å². The van der Waals surface area contributed by atoms with Crippen LogP contribution in [0.25, 0.3) is 0 Å². The van der Waals surface area contributed by atoms with Gasteiger partial charge in [0.2, 0.25) is 0 Å². The van der Waals surface area contributed by atoms with Crippen LogP contribution >= 0.6 is 0 Å². The maximum Gasteiger partial charge on any atom is 1.00 e. The van der Waals surface area contributed by atoms with E-state index in [0.29, 0.717) is 5.69 Å². The molecule has 0 heterocycles. The smallest absolute Gasteiger partial charge is 0.445 e. The van der Waals surface area contributed by atoms with Crippen LogP contribution in [0.3, 0.4) is 0 Å². The minimum Gasteiger partial charge on any atom is -0.445 e. The van der Waals surface area contributed by atoms with Crippen molar-refractivity contribution in [1.82, 2.24) is 0 Å². The molecule has 0 unspecified atom stereocenters. The zero-order chi connectivity index (χ0) is 12.3. The summed E-state index contributed by atoms with van der Waals surface area (Å²) in [6, 6.07) is 5.40. The van der Waals surface area contributed by atoms with E-state index in [1.54, 1.807) is 6.07 Å². The van der Waals surface area contributed by atoms with Gasteiger partial charge in [0.1, 0.15) is 5.82 Å². The van der Waals surface area contributed by atoms with E-state index in [0.717, 1.165) is 0 Å². The van der Waals surface area contributed by atoms with Crippen molar-refractivity contribution in [2.45, 2.75) is 0 Å². The molecule has 0 aliphatic heterocycles. The Balaban J connectivity index is 0.00000256. The fourth-order valence-electron chi connectivity index (χ4n) is 1.21. The fraction of sp³-hybridized carbons (Fsp3) is 0.200. The van der Waals surface area contributed by atoms with E-state index in [2.05, 4.69) is 6.58 Å². The van der Waals surface area contributed by atoms with Gasteiger partial charge in [-0.2, -0.15) is 0 Å². The van der Waals surface area contributed by atoms with Crippen LogP contribution in [0.5, 0.6) is 0 Å². The number of hydrogen-bond acceptors (Lipinski definition) is 1. The summed E-state index contributed by atoms with van der Waals surface area (Å²) in [5.41, 5.74) is -0.409. The summed E-state index contributed by atoms with van der Waals surface area (Å²) >= 11 is 0. The topological polar surface area (TPSA) is 3.24 Å². The van der Waals surface area contributed by atoms with Crippen LogP contribution < -0.4 is 56.3 Å². The molecule has 0 aliphatic rings. The molecule has 1 rings (SSSR count). The summed E-state index contributed by atoms with van der Waals surface area (Å²) in [6.07, 6.45) is 0. The summed E-state index contributed by atoms with van der Waals surface area (Å²) in [6.45, 7) is -2.41. The molecule has 1 aromatic carbocycles. The molecule has 0 bridgehead atoms. The van der Waals surface area contributed by atoms with Gasteiger partial charge in [0.15, 0.2) is 0 Å². The molecule has 0 amide bonds. The molecule has 0 aliphatic carbocycles. The molecule has 88 valence electrons. The normalized spacial score (nSPS) is 10.6. The first-order valence-corrected chi connectivity index (χ1v) is 4.65. The van der Waals surface area contributed by atoms with Crippen LogP contribution in [-0.2, 0) is 0 Å². The van der Waals surface area contributed by atoms with Gasteiger partial charge < -0.3 is 17.8 Å². The molecule has 0 saturated heterocycles. The Morgan fingerprint density at radius 1 is 1.35 bits per heavy atom. The van der Waals surface area contributed by atoms with Crippen molar-refractivity contribution in [2.24, 2.45) is 0 Å². The van der Waals surface area contributed by atoms with E-state index in [-0.39, 0.29) is 57.9 Å². The summed E-state index contributed by atoms with van der Waals surface area (Å²) < 4.78 is 49.6. The Bertz CT molecular complexity index is 394. The Morgan fingerprint density at radius 2 is 1.94 bits per heavy atom. The largest absolute Gasteiger partial charge is 1.00 e. The predicted octanol–water partition coefficient (Wildman–Crippen LogP) is 0.209. The number of anilines is 1. The second kappa shape index (κ2) is 6.94. The molecule has 0 spiro atoms. The third-order valence-corrected chi connectivity index (χ3v) is 2.15. The van der Waals surface area contributed by atoms with Gasteiger partial charge >= 0.3 is 58.4 Å². The van der Waals surface area contributed by atoms with E-state index in [1.807, 2.05) is 0 Å². The number of benzene rings is 1. The zero-order valence-electron chi connectivity index (χ0n) is 9.76. The third kappa shape index (κ3) is 5.57. The standard InChI is InChI=1S/C10H11BF4N.K/c1-8(11(13,14)15)7-16(2)10-5-3-4-9(12)6-10;/h3-6H,1,7H2,2H3;/q-1;+1. The third-order valence-electron chi connectivity index (χ3n) is 2.15. The second-order valence-electron chi connectivity index (χ2n) is 3.57. The Labute approximate surface area is 140 Å². The maximum absolute atomic E-state index is 12.8. The monoisotopic (exact) mass is 271 g/mol. The van der Waals surface area contributed by atoms with Crippen LogP contribution in [0.4, 0.5) is 23.0 Å². The Morgan fingerprint density at radius 3 is 2.41 bits per heavy atom. The van der Waals surface area contributed by atoms with Crippen molar-refractivity contribution < 1.29 is 68.7 Å². The van der Waals surface area contributed by atoms with Crippen LogP contribution in [0.1, 0.15) is 0 Å². The van der Waals surface area contributed by atoms with Crippen molar-refractivity contribution >= 4 is 12.7 Å². The summed E-state index contributed by atoms with van der Waals surface area (Å²) in [4.78, 5) is 1.31. The molecule has 0 fully saturated rings. The van der Waals surface area contributed by atoms with E-state index in [9.17, 15) is 17.3 Å². The number of rotatable bonds is 4. The predicted molar refractivity (Wildman–Crippen MR) is 57.9 cm³/mol. The molecular formula is C10H11BF4KN. The minimum atomic E-state index is -5.04. The van der Waals surface area contributed by atoms with Gasteiger partial charge in [-0.05, 0) is 18.2 Å². The van der Waals surface area contributed by atoms with Gasteiger partial charge in [-0.1, -0.05) is 6.07 Å². The Hall–Kier alpha value is 0.181. The number of halogens is 4. The second-order valence-corrected chi connectivity index (χ2v) is 3.57. The summed E-state index contributed by atoms with van der Waals surface area (Å²) in [7, 11) is 1.46. The van der Waals surface area contributed by atoms with Crippen LogP contribution in [-0.4, -0.2) is 20.6 Å². The fourth-order valence-corrected chi connectivity index (χ4v) is 1.21. The van der Waals surface area contributed by atoms with Crippen LogP contribution in [0.2, 0.25) is 0 Å². The van der Waals surface area contributed by atoms with Gasteiger partial charge in [0, 0.05) is 19.3 Å². The van der Waals surface area contributed by atoms with E-state index < -0.39 is 18.3 Å². The van der Waals surface area contributed by atoms with Crippen molar-refractivity contribution in [3.63, 3.8) is 0 Å². The summed E-state index contributed by atoms with van der Waals surface area (Å²) in [5.74, 6) is -0.479. The van der Waals surface area contributed by atoms with Crippen molar-refractivity contribution in [3.8, 4) is 0 Å². The van der Waals surface area contributed by atoms with Crippen LogP contribution in [0, 0.1) is 5.82 Å². The van der Waals surface area contributed by atoms with Crippen LogP contribution in [0.15, 0.2) is 36.3 Å². The van der Waals surface area contributed by atoms with Crippen molar-refractivity contribution in [2.75, 3.05) is 18.5 Å². The number of likely N-dealkylation sites (N-methyl/N-ethyl adjacent to an activating group) is 1. The first-order valence-electron chi connectivity index (χ1n) is 4.65. The summed E-state index contributed by atoms with van der Waals surface area (Å²) in [5, 5.41) is 0. The molecule has 1 aromatic rings. The van der Waals surface area contributed by atoms with Gasteiger partial charge in [0.25, 0.3) is 0 Å². The van der Waals surface area contributed by atoms with Gasteiger partial charge in [0.05, 0.1) is 0 Å². The first kappa shape index (κ1) is 17.2. The Kier molecular flexibility index (Phi) is 7.01. The molecule has 1 nitrogen and oxygen atoms in total. The molecular weight excluding hydrogens is 260 g/mol. The number of nitrogens with zero attached hydrogens (tertiary/aromatic N) is 1. The molecule has 0 saturated carbocycles. The zero-order valence-corrected chi connectivity index (χ0v) is 12.9. The van der Waals surface area contributed by atoms with Crippen molar-refractivity contribution in [3.05, 3.63) is 42.1 Å². The average Bonchev–Trinajstić information content (AvgIpc) is 2.16. The van der Waals surface area contributed by atoms with E-state index in [1.165, 1.54) is 30.1 Å². The molecule has 0 radical (unpaired) electrons. The number of hydrogen-bond donors (Lipinski definition) is 0. The van der Waals surface area contributed by atoms with Crippen molar-refractivity contribution in [1.29, 1.82) is 0 Å². The SMILES string of the molecule is C=C(CN(C)c1cccc(F)c1)[B-](F)(F)F.[K+]. The van der Waals surface area contributed by atoms with E-state index in [4.69, 9.17) is 0 Å².